The van der Waals surface area contributed by atoms with E-state index in [2.05, 4.69) is 6.92 Å². The minimum Gasteiger partial charge on any atom is -0.345 e. The molecule has 2 aromatic carbocycles. The number of hydrogen-bond donors (Lipinski definition) is 0. The Morgan fingerprint density at radius 1 is 1.00 bits per heavy atom. The van der Waals surface area contributed by atoms with E-state index >= 15 is 0 Å². The number of aromatic nitrogens is 1. The van der Waals surface area contributed by atoms with Gasteiger partial charge in [-0.05, 0) is 54.8 Å². The highest BCUT2D eigenvalue weighted by Gasteiger charge is 2.30. The maximum absolute atomic E-state index is 13.3. The SMILES string of the molecule is CCCCCN(Cc1cccn1Cc1cccc(C(F)(F)F)c1)C(=O)c1ccccc1C. The van der Waals surface area contributed by atoms with E-state index in [0.29, 0.717) is 30.8 Å². The first kappa shape index (κ1) is 23.6. The highest BCUT2D eigenvalue weighted by atomic mass is 19.4. The Hall–Kier alpha value is -3.02. The summed E-state index contributed by atoms with van der Waals surface area (Å²) in [5.41, 5.74) is 2.41. The molecule has 32 heavy (non-hydrogen) atoms. The van der Waals surface area contributed by atoms with Gasteiger partial charge < -0.3 is 9.47 Å². The molecule has 0 atom stereocenters. The number of halogens is 3. The Bertz CT molecular complexity index is 1040. The van der Waals surface area contributed by atoms with Gasteiger partial charge in [-0.25, -0.2) is 0 Å². The topological polar surface area (TPSA) is 25.2 Å². The molecule has 6 heteroatoms. The molecule has 0 fully saturated rings. The van der Waals surface area contributed by atoms with Crippen LogP contribution in [0, 0.1) is 6.92 Å². The number of benzene rings is 2. The maximum atomic E-state index is 13.3. The van der Waals surface area contributed by atoms with Gasteiger partial charge in [0.25, 0.3) is 5.91 Å². The molecule has 170 valence electrons. The van der Waals surface area contributed by atoms with Crippen molar-refractivity contribution in [1.29, 1.82) is 0 Å². The van der Waals surface area contributed by atoms with Gasteiger partial charge in [-0.3, -0.25) is 4.79 Å². The fraction of sp³-hybridized carbons (Fsp3) is 0.346. The zero-order valence-corrected chi connectivity index (χ0v) is 18.5. The normalized spacial score (nSPS) is 11.5. The Morgan fingerprint density at radius 3 is 2.50 bits per heavy atom. The average molecular weight is 443 g/mol. The predicted octanol–water partition coefficient (Wildman–Crippen LogP) is 6.70. The summed E-state index contributed by atoms with van der Waals surface area (Å²) in [6.45, 7) is 5.40. The molecule has 1 heterocycles. The monoisotopic (exact) mass is 442 g/mol. The van der Waals surface area contributed by atoms with E-state index in [0.717, 1.165) is 36.6 Å². The zero-order chi connectivity index (χ0) is 23.1. The van der Waals surface area contributed by atoms with Crippen molar-refractivity contribution in [2.75, 3.05) is 6.54 Å². The summed E-state index contributed by atoms with van der Waals surface area (Å²) in [6.07, 6.45) is 0.465. The van der Waals surface area contributed by atoms with Crippen LogP contribution >= 0.6 is 0 Å². The summed E-state index contributed by atoms with van der Waals surface area (Å²) in [6, 6.07) is 16.7. The van der Waals surface area contributed by atoms with Crippen LogP contribution in [0.15, 0.2) is 66.9 Å². The molecule has 0 aliphatic rings. The van der Waals surface area contributed by atoms with Crippen LogP contribution in [0.5, 0.6) is 0 Å². The standard InChI is InChI=1S/C26H29F3N2O/c1-3-4-7-15-31(25(32)24-14-6-5-10-20(24)2)19-23-13-9-16-30(23)18-21-11-8-12-22(17-21)26(27,28)29/h5-6,8-14,16-17H,3-4,7,15,18-19H2,1-2H3. The van der Waals surface area contributed by atoms with Crippen molar-refractivity contribution in [3.8, 4) is 0 Å². The number of alkyl halides is 3. The molecule has 0 aliphatic heterocycles. The van der Waals surface area contributed by atoms with Crippen molar-refractivity contribution in [1.82, 2.24) is 9.47 Å². The molecular formula is C26H29F3N2O. The van der Waals surface area contributed by atoms with Gasteiger partial charge in [0.05, 0.1) is 12.1 Å². The van der Waals surface area contributed by atoms with Gasteiger partial charge >= 0.3 is 6.18 Å². The number of unbranched alkanes of at least 4 members (excludes halogenated alkanes) is 2. The molecule has 0 saturated heterocycles. The van der Waals surface area contributed by atoms with E-state index in [-0.39, 0.29) is 5.91 Å². The molecule has 0 spiro atoms. The van der Waals surface area contributed by atoms with E-state index in [9.17, 15) is 18.0 Å². The average Bonchev–Trinajstić information content (AvgIpc) is 3.19. The minimum absolute atomic E-state index is 0.0222. The zero-order valence-electron chi connectivity index (χ0n) is 18.5. The predicted molar refractivity (Wildman–Crippen MR) is 120 cm³/mol. The quantitative estimate of drug-likeness (QED) is 0.339. The van der Waals surface area contributed by atoms with Crippen LogP contribution in [-0.2, 0) is 19.3 Å². The number of rotatable bonds is 9. The van der Waals surface area contributed by atoms with Crippen LogP contribution < -0.4 is 0 Å². The van der Waals surface area contributed by atoms with Gasteiger partial charge in [0, 0.05) is 30.5 Å². The molecule has 0 bridgehead atoms. The summed E-state index contributed by atoms with van der Waals surface area (Å²) in [5, 5.41) is 0. The smallest absolute Gasteiger partial charge is 0.345 e. The van der Waals surface area contributed by atoms with Crippen LogP contribution in [0.1, 0.15) is 58.9 Å². The molecule has 0 saturated carbocycles. The van der Waals surface area contributed by atoms with Gasteiger partial charge in [-0.1, -0.05) is 50.1 Å². The number of aryl methyl sites for hydroxylation is 1. The van der Waals surface area contributed by atoms with E-state index < -0.39 is 11.7 Å². The Labute approximate surface area is 187 Å². The number of amides is 1. The fourth-order valence-corrected chi connectivity index (χ4v) is 3.77. The van der Waals surface area contributed by atoms with E-state index in [1.807, 2.05) is 59.0 Å². The molecule has 0 aliphatic carbocycles. The Morgan fingerprint density at radius 2 is 1.78 bits per heavy atom. The third-order valence-electron chi connectivity index (χ3n) is 5.58. The van der Waals surface area contributed by atoms with Crippen LogP contribution in [-0.4, -0.2) is 21.9 Å². The highest BCUT2D eigenvalue weighted by molar-refractivity contribution is 5.95. The first-order chi connectivity index (χ1) is 15.3. The summed E-state index contributed by atoms with van der Waals surface area (Å²) in [5.74, 6) is -0.0222. The molecule has 0 N–H and O–H groups in total. The maximum Gasteiger partial charge on any atom is 0.416 e. The van der Waals surface area contributed by atoms with E-state index in [1.165, 1.54) is 12.1 Å². The van der Waals surface area contributed by atoms with Crippen molar-refractivity contribution in [3.05, 3.63) is 94.8 Å². The van der Waals surface area contributed by atoms with Crippen LogP contribution in [0.4, 0.5) is 13.2 Å². The van der Waals surface area contributed by atoms with Gasteiger partial charge in [0.1, 0.15) is 0 Å². The molecule has 3 nitrogen and oxygen atoms in total. The van der Waals surface area contributed by atoms with Crippen molar-refractivity contribution in [2.45, 2.75) is 52.4 Å². The molecule has 3 rings (SSSR count). The summed E-state index contributed by atoms with van der Waals surface area (Å²) in [7, 11) is 0. The van der Waals surface area contributed by atoms with E-state index in [4.69, 9.17) is 0 Å². The van der Waals surface area contributed by atoms with Gasteiger partial charge in [-0.15, -0.1) is 0 Å². The number of nitrogens with zero attached hydrogens (tertiary/aromatic N) is 2. The lowest BCUT2D eigenvalue weighted by Gasteiger charge is -2.24. The van der Waals surface area contributed by atoms with Gasteiger partial charge in [-0.2, -0.15) is 13.2 Å². The van der Waals surface area contributed by atoms with Crippen molar-refractivity contribution >= 4 is 5.91 Å². The van der Waals surface area contributed by atoms with Crippen LogP contribution in [0.2, 0.25) is 0 Å². The summed E-state index contributed by atoms with van der Waals surface area (Å²) in [4.78, 5) is 15.1. The second-order valence-corrected chi connectivity index (χ2v) is 8.07. The first-order valence-electron chi connectivity index (χ1n) is 10.9. The van der Waals surface area contributed by atoms with Crippen LogP contribution in [0.25, 0.3) is 0 Å². The fourth-order valence-electron chi connectivity index (χ4n) is 3.77. The Kier molecular flexibility index (Phi) is 7.78. The third-order valence-corrected chi connectivity index (χ3v) is 5.58. The lowest BCUT2D eigenvalue weighted by Crippen LogP contribution is -2.33. The molecule has 3 aromatic rings. The molecule has 0 radical (unpaired) electrons. The highest BCUT2D eigenvalue weighted by Crippen LogP contribution is 2.29. The van der Waals surface area contributed by atoms with E-state index in [1.54, 1.807) is 6.07 Å². The second kappa shape index (κ2) is 10.5. The van der Waals surface area contributed by atoms with Gasteiger partial charge in [0.2, 0.25) is 0 Å². The largest absolute Gasteiger partial charge is 0.416 e. The number of hydrogen-bond acceptors (Lipinski definition) is 1. The third kappa shape index (κ3) is 6.02. The van der Waals surface area contributed by atoms with Gasteiger partial charge in [0.15, 0.2) is 0 Å². The van der Waals surface area contributed by atoms with Crippen molar-refractivity contribution in [2.24, 2.45) is 0 Å². The number of carbonyl (C=O) groups is 1. The lowest BCUT2D eigenvalue weighted by molar-refractivity contribution is -0.137. The lowest BCUT2D eigenvalue weighted by atomic mass is 10.1. The molecular weight excluding hydrogens is 413 g/mol. The second-order valence-electron chi connectivity index (χ2n) is 8.07. The first-order valence-corrected chi connectivity index (χ1v) is 10.9. The van der Waals surface area contributed by atoms with Crippen molar-refractivity contribution in [3.63, 3.8) is 0 Å². The summed E-state index contributed by atoms with van der Waals surface area (Å²) >= 11 is 0. The van der Waals surface area contributed by atoms with Crippen LogP contribution in [0.3, 0.4) is 0 Å². The Balaban J connectivity index is 1.81. The van der Waals surface area contributed by atoms with Crippen molar-refractivity contribution < 1.29 is 18.0 Å². The summed E-state index contributed by atoms with van der Waals surface area (Å²) < 4.78 is 41.1. The number of carbonyl (C=O) groups excluding carboxylic acids is 1. The molecule has 0 unspecified atom stereocenters. The minimum atomic E-state index is -4.37. The molecule has 1 aromatic heterocycles. The molecule has 1 amide bonds.